The van der Waals surface area contributed by atoms with Crippen molar-refractivity contribution in [3.05, 3.63) is 30.2 Å². The molecule has 1 heterocycles. The fraction of sp³-hybridized carbons (Fsp3) is 0.111. The van der Waals surface area contributed by atoms with Gasteiger partial charge in [-0.2, -0.15) is 0 Å². The minimum absolute atomic E-state index is 0.424. The fourth-order valence-electron chi connectivity index (χ4n) is 1.29. The zero-order valence-corrected chi connectivity index (χ0v) is 6.58. The summed E-state index contributed by atoms with van der Waals surface area (Å²) in [5.41, 5.74) is 11.8. The normalized spacial score (nSPS) is 10.8. The number of benzene rings is 1. The van der Waals surface area contributed by atoms with Gasteiger partial charge in [0.2, 0.25) is 0 Å². The molecule has 62 valence electrons. The average Bonchev–Trinajstić information content (AvgIpc) is 2.46. The van der Waals surface area contributed by atoms with Gasteiger partial charge in [0, 0.05) is 16.5 Å². The summed E-state index contributed by atoms with van der Waals surface area (Å²) in [5, 5.41) is 2.06. The lowest BCUT2D eigenvalue weighted by Gasteiger charge is -1.93. The number of hydrogen-bond donors (Lipinski definition) is 2. The lowest BCUT2D eigenvalue weighted by atomic mass is 10.1. The van der Waals surface area contributed by atoms with E-state index in [0.29, 0.717) is 6.54 Å². The van der Waals surface area contributed by atoms with Crippen LogP contribution >= 0.6 is 0 Å². The Morgan fingerprint density at radius 2 is 2.17 bits per heavy atom. The van der Waals surface area contributed by atoms with E-state index in [1.807, 2.05) is 18.2 Å². The molecule has 3 heteroatoms. The van der Waals surface area contributed by atoms with Gasteiger partial charge in [-0.3, -0.25) is 0 Å². The quantitative estimate of drug-likeness (QED) is 0.624. The maximum Gasteiger partial charge on any atom is 0.125 e. The molecule has 1 aromatic carbocycles. The monoisotopic (exact) mass is 162 g/mol. The summed E-state index contributed by atoms with van der Waals surface area (Å²) in [6.07, 6.45) is 1.67. The molecule has 3 nitrogen and oxygen atoms in total. The van der Waals surface area contributed by atoms with E-state index in [4.69, 9.17) is 15.9 Å². The zero-order valence-electron chi connectivity index (χ0n) is 6.58. The van der Waals surface area contributed by atoms with Crippen LogP contribution in [0.3, 0.4) is 0 Å². The number of anilines is 1. The SMILES string of the molecule is NCc1occ2cc(N)ccc12. The molecule has 0 aliphatic heterocycles. The van der Waals surface area contributed by atoms with Crippen molar-refractivity contribution in [3.63, 3.8) is 0 Å². The van der Waals surface area contributed by atoms with Gasteiger partial charge in [0.05, 0.1) is 12.8 Å². The molecule has 0 radical (unpaired) electrons. The predicted molar refractivity (Wildman–Crippen MR) is 48.5 cm³/mol. The Balaban J connectivity index is 2.73. The van der Waals surface area contributed by atoms with E-state index in [2.05, 4.69) is 0 Å². The topological polar surface area (TPSA) is 65.2 Å². The first-order valence-electron chi connectivity index (χ1n) is 3.77. The van der Waals surface area contributed by atoms with E-state index in [1.165, 1.54) is 0 Å². The summed E-state index contributed by atoms with van der Waals surface area (Å²) >= 11 is 0. The smallest absolute Gasteiger partial charge is 0.125 e. The largest absolute Gasteiger partial charge is 0.467 e. The van der Waals surface area contributed by atoms with E-state index in [-0.39, 0.29) is 0 Å². The van der Waals surface area contributed by atoms with Gasteiger partial charge >= 0.3 is 0 Å². The molecular weight excluding hydrogens is 152 g/mol. The van der Waals surface area contributed by atoms with Crippen LogP contribution in [0, 0.1) is 0 Å². The molecule has 0 spiro atoms. The molecule has 2 aromatic rings. The molecule has 0 atom stereocenters. The van der Waals surface area contributed by atoms with Crippen LogP contribution in [0.15, 0.2) is 28.9 Å². The first-order chi connectivity index (χ1) is 5.81. The van der Waals surface area contributed by atoms with Crippen LogP contribution in [0.2, 0.25) is 0 Å². The highest BCUT2D eigenvalue weighted by atomic mass is 16.3. The molecule has 0 saturated heterocycles. The Labute approximate surface area is 70.0 Å². The van der Waals surface area contributed by atoms with Crippen molar-refractivity contribution >= 4 is 16.5 Å². The van der Waals surface area contributed by atoms with Crippen molar-refractivity contribution < 1.29 is 4.42 Å². The van der Waals surface area contributed by atoms with Gasteiger partial charge in [-0.1, -0.05) is 0 Å². The third-order valence-electron chi connectivity index (χ3n) is 1.89. The number of rotatable bonds is 1. The number of furan rings is 1. The van der Waals surface area contributed by atoms with Crippen LogP contribution in [-0.4, -0.2) is 0 Å². The van der Waals surface area contributed by atoms with Crippen molar-refractivity contribution in [2.24, 2.45) is 5.73 Å². The molecule has 1 aromatic heterocycles. The molecular formula is C9H10N2O. The van der Waals surface area contributed by atoms with Gasteiger partial charge in [0.15, 0.2) is 0 Å². The number of hydrogen-bond acceptors (Lipinski definition) is 3. The minimum atomic E-state index is 0.424. The summed E-state index contributed by atoms with van der Waals surface area (Å²) in [4.78, 5) is 0. The van der Waals surface area contributed by atoms with Gasteiger partial charge in [0.1, 0.15) is 5.76 Å². The second kappa shape index (κ2) is 2.53. The highest BCUT2D eigenvalue weighted by molar-refractivity contribution is 5.86. The zero-order chi connectivity index (χ0) is 8.55. The van der Waals surface area contributed by atoms with E-state index in [0.717, 1.165) is 22.2 Å². The van der Waals surface area contributed by atoms with Crippen LogP contribution in [0.1, 0.15) is 5.76 Å². The van der Waals surface area contributed by atoms with E-state index >= 15 is 0 Å². The summed E-state index contributed by atoms with van der Waals surface area (Å²) < 4.78 is 5.24. The van der Waals surface area contributed by atoms with Crippen molar-refractivity contribution in [3.8, 4) is 0 Å². The molecule has 0 aliphatic carbocycles. The Kier molecular flexibility index (Phi) is 1.52. The van der Waals surface area contributed by atoms with Crippen molar-refractivity contribution in [1.29, 1.82) is 0 Å². The Morgan fingerprint density at radius 3 is 2.92 bits per heavy atom. The van der Waals surface area contributed by atoms with Gasteiger partial charge < -0.3 is 15.9 Å². The van der Waals surface area contributed by atoms with Crippen molar-refractivity contribution in [1.82, 2.24) is 0 Å². The van der Waals surface area contributed by atoms with Gasteiger partial charge in [-0.05, 0) is 18.2 Å². The molecule has 12 heavy (non-hydrogen) atoms. The third kappa shape index (κ3) is 0.950. The summed E-state index contributed by atoms with van der Waals surface area (Å²) in [6, 6.07) is 5.64. The third-order valence-corrected chi connectivity index (χ3v) is 1.89. The summed E-state index contributed by atoms with van der Waals surface area (Å²) in [7, 11) is 0. The Morgan fingerprint density at radius 1 is 1.33 bits per heavy atom. The molecule has 0 amide bonds. The van der Waals surface area contributed by atoms with Crippen LogP contribution in [0.25, 0.3) is 10.8 Å². The van der Waals surface area contributed by atoms with E-state index in [1.54, 1.807) is 6.26 Å². The van der Waals surface area contributed by atoms with E-state index in [9.17, 15) is 0 Å². The van der Waals surface area contributed by atoms with E-state index < -0.39 is 0 Å². The molecule has 4 N–H and O–H groups in total. The number of nitrogens with two attached hydrogens (primary N) is 2. The minimum Gasteiger partial charge on any atom is -0.467 e. The fourth-order valence-corrected chi connectivity index (χ4v) is 1.29. The van der Waals surface area contributed by atoms with Crippen LogP contribution in [0.5, 0.6) is 0 Å². The highest BCUT2D eigenvalue weighted by Crippen LogP contribution is 2.22. The summed E-state index contributed by atoms with van der Waals surface area (Å²) in [5.74, 6) is 0.810. The molecule has 0 aliphatic rings. The molecule has 0 unspecified atom stereocenters. The maximum atomic E-state index is 5.60. The van der Waals surface area contributed by atoms with Crippen LogP contribution in [0.4, 0.5) is 5.69 Å². The highest BCUT2D eigenvalue weighted by Gasteiger charge is 2.03. The second-order valence-corrected chi connectivity index (χ2v) is 2.71. The van der Waals surface area contributed by atoms with Crippen molar-refractivity contribution in [2.45, 2.75) is 6.54 Å². The van der Waals surface area contributed by atoms with Crippen molar-refractivity contribution in [2.75, 3.05) is 5.73 Å². The Hall–Kier alpha value is -1.48. The standard InChI is InChI=1S/C9H10N2O/c10-4-9-8-2-1-7(11)3-6(8)5-12-9/h1-3,5H,4,10-11H2. The lowest BCUT2D eigenvalue weighted by molar-refractivity contribution is 0.518. The van der Waals surface area contributed by atoms with Gasteiger partial charge in [0.25, 0.3) is 0 Å². The lowest BCUT2D eigenvalue weighted by Crippen LogP contribution is -1.94. The predicted octanol–water partition coefficient (Wildman–Crippen LogP) is 1.47. The maximum absolute atomic E-state index is 5.60. The number of fused-ring (bicyclic) bond motifs is 1. The van der Waals surface area contributed by atoms with Gasteiger partial charge in [-0.25, -0.2) is 0 Å². The second-order valence-electron chi connectivity index (χ2n) is 2.71. The Bertz CT molecular complexity index is 406. The molecule has 0 bridgehead atoms. The number of nitrogen functional groups attached to an aromatic ring is 1. The molecule has 0 saturated carbocycles. The van der Waals surface area contributed by atoms with Gasteiger partial charge in [-0.15, -0.1) is 0 Å². The first kappa shape index (κ1) is 7.18. The average molecular weight is 162 g/mol. The van der Waals surface area contributed by atoms with Crippen LogP contribution < -0.4 is 11.5 Å². The first-order valence-corrected chi connectivity index (χ1v) is 3.77. The summed E-state index contributed by atoms with van der Waals surface area (Å²) in [6.45, 7) is 0.424. The van der Waals surface area contributed by atoms with Crippen LogP contribution in [-0.2, 0) is 6.54 Å². The molecule has 2 rings (SSSR count). The molecule has 0 fully saturated rings.